The normalized spacial score (nSPS) is 24.7. The molecule has 0 aromatic carbocycles. The Morgan fingerprint density at radius 2 is 1.33 bits per heavy atom. The molecule has 1 aliphatic heterocycles. The fourth-order valence-electron chi connectivity index (χ4n) is 0.0680. The van der Waals surface area contributed by atoms with Crippen LogP contribution in [0.3, 0.4) is 0 Å². The van der Waals surface area contributed by atoms with Crippen LogP contribution in [0.5, 0.6) is 0 Å². The van der Waals surface area contributed by atoms with Crippen LogP contribution in [-0.4, -0.2) is 25.4 Å². The fraction of sp³-hybridized carbons (Fsp3) is 1.00. The van der Waals surface area contributed by atoms with Gasteiger partial charge in [-0.2, -0.15) is 0 Å². The van der Waals surface area contributed by atoms with Gasteiger partial charge in [0, 0.05) is 0 Å². The minimum absolute atomic E-state index is 0. The summed E-state index contributed by atoms with van der Waals surface area (Å²) in [5.74, 6) is 0.847. The van der Waals surface area contributed by atoms with Crippen molar-refractivity contribution in [3.05, 3.63) is 0 Å². The summed E-state index contributed by atoms with van der Waals surface area (Å²) in [6.07, 6.45) is 0. The van der Waals surface area contributed by atoms with Gasteiger partial charge in [0.2, 0.25) is 0 Å². The summed E-state index contributed by atoms with van der Waals surface area (Å²) in [5, 5.41) is 0. The van der Waals surface area contributed by atoms with E-state index in [0.29, 0.717) is 11.5 Å². The summed E-state index contributed by atoms with van der Waals surface area (Å²) >= 11 is 0. The molecule has 0 unspecified atom stereocenters. The minimum atomic E-state index is -2.42. The zero-order valence-electron chi connectivity index (χ0n) is 3.14. The molecule has 2 N–H and O–H groups in total. The van der Waals surface area contributed by atoms with Gasteiger partial charge < -0.3 is 5.48 Å². The first-order valence-corrected chi connectivity index (χ1v) is 3.23. The van der Waals surface area contributed by atoms with Crippen molar-refractivity contribution in [3.63, 3.8) is 0 Å². The molecule has 1 fully saturated rings. The van der Waals surface area contributed by atoms with E-state index < -0.39 is 9.84 Å². The van der Waals surface area contributed by atoms with Crippen LogP contribution in [-0.2, 0) is 9.84 Å². The molecule has 0 spiro atoms. The Bertz CT molecular complexity index is 112. The molecule has 3 nitrogen and oxygen atoms in total. The monoisotopic (exact) mass is 110 g/mol. The highest BCUT2D eigenvalue weighted by Gasteiger charge is 2.25. The first-order chi connectivity index (χ1) is 2.21. The largest absolute Gasteiger partial charge is 0.412 e. The number of hydrogen-bond donors (Lipinski definition) is 0. The van der Waals surface area contributed by atoms with Crippen LogP contribution >= 0.6 is 0 Å². The topological polar surface area (TPSA) is 65.6 Å². The maximum absolute atomic E-state index is 9.74. The summed E-state index contributed by atoms with van der Waals surface area (Å²) in [7, 11) is -2.42. The second-order valence-corrected chi connectivity index (χ2v) is 3.46. The molecule has 0 radical (unpaired) electrons. The van der Waals surface area contributed by atoms with Crippen molar-refractivity contribution in [1.82, 2.24) is 0 Å². The van der Waals surface area contributed by atoms with Crippen LogP contribution in [0.1, 0.15) is 0 Å². The van der Waals surface area contributed by atoms with E-state index in [4.69, 9.17) is 0 Å². The van der Waals surface area contributed by atoms with E-state index in [-0.39, 0.29) is 5.48 Å². The second kappa shape index (κ2) is 1.20. The molecule has 0 aliphatic carbocycles. The van der Waals surface area contributed by atoms with E-state index in [9.17, 15) is 8.42 Å². The summed E-state index contributed by atoms with van der Waals surface area (Å²) in [5.41, 5.74) is 0. The highest BCUT2D eigenvalue weighted by molar-refractivity contribution is 7.98. The molecule has 0 amide bonds. The van der Waals surface area contributed by atoms with Crippen LogP contribution in [0, 0.1) is 0 Å². The second-order valence-electron chi connectivity index (χ2n) is 1.15. The van der Waals surface area contributed by atoms with Crippen molar-refractivity contribution in [3.8, 4) is 0 Å². The quantitative estimate of drug-likeness (QED) is 0.359. The predicted molar refractivity (Wildman–Crippen MR) is 22.3 cm³/mol. The Hall–Kier alpha value is -0.0900. The average molecular weight is 110 g/mol. The summed E-state index contributed by atoms with van der Waals surface area (Å²) < 4.78 is 19.5. The smallest absolute Gasteiger partial charge is 0.152 e. The van der Waals surface area contributed by atoms with Gasteiger partial charge in [0.15, 0.2) is 9.84 Å². The van der Waals surface area contributed by atoms with Gasteiger partial charge in [0.1, 0.15) is 0 Å². The van der Waals surface area contributed by atoms with E-state index in [2.05, 4.69) is 0 Å². The molecular weight excluding hydrogens is 104 g/mol. The predicted octanol–water partition coefficient (Wildman–Crippen LogP) is -1.41. The lowest BCUT2D eigenvalue weighted by molar-refractivity contribution is 0.615. The zero-order chi connectivity index (χ0) is 3.91. The van der Waals surface area contributed by atoms with Crippen molar-refractivity contribution >= 4 is 9.84 Å². The van der Waals surface area contributed by atoms with Gasteiger partial charge in [-0.15, -0.1) is 0 Å². The molecule has 0 atom stereocenters. The lowest BCUT2D eigenvalue weighted by atomic mass is 11.0. The molecule has 0 saturated carbocycles. The third-order valence-electron chi connectivity index (χ3n) is 0.537. The zero-order valence-corrected chi connectivity index (χ0v) is 3.96. The maximum Gasteiger partial charge on any atom is 0.152 e. The van der Waals surface area contributed by atoms with E-state index in [1.54, 1.807) is 0 Å². The molecule has 1 aliphatic rings. The van der Waals surface area contributed by atoms with E-state index in [0.717, 1.165) is 0 Å². The molecule has 38 valence electrons. The lowest BCUT2D eigenvalue weighted by Crippen LogP contribution is -1.61. The standard InChI is InChI=1S/C2H4O2S.H2O/c3-5(4)1-2-5;/h1-2H2;1H2. The number of hydrogen-bond acceptors (Lipinski definition) is 2. The molecule has 0 aromatic rings. The molecule has 1 saturated heterocycles. The third-order valence-corrected chi connectivity index (χ3v) is 1.61. The van der Waals surface area contributed by atoms with Crippen molar-refractivity contribution in [2.24, 2.45) is 0 Å². The third kappa shape index (κ3) is 1.37. The van der Waals surface area contributed by atoms with Gasteiger partial charge >= 0.3 is 0 Å². The number of rotatable bonds is 0. The van der Waals surface area contributed by atoms with Crippen LogP contribution in [0.4, 0.5) is 0 Å². The lowest BCUT2D eigenvalue weighted by Gasteiger charge is -1.46. The molecule has 0 aromatic heterocycles. The minimum Gasteiger partial charge on any atom is -0.412 e. The Labute approximate surface area is 36.2 Å². The van der Waals surface area contributed by atoms with Gasteiger partial charge in [0.05, 0.1) is 11.5 Å². The van der Waals surface area contributed by atoms with E-state index in [1.165, 1.54) is 0 Å². The molecule has 1 rings (SSSR count). The van der Waals surface area contributed by atoms with Crippen molar-refractivity contribution in [2.75, 3.05) is 11.5 Å². The van der Waals surface area contributed by atoms with Crippen LogP contribution in [0.25, 0.3) is 0 Å². The summed E-state index contributed by atoms with van der Waals surface area (Å²) in [6.45, 7) is 0. The maximum atomic E-state index is 9.74. The SMILES string of the molecule is O.O=S1(=O)CC1. The van der Waals surface area contributed by atoms with Crippen LogP contribution < -0.4 is 0 Å². The van der Waals surface area contributed by atoms with Gasteiger partial charge in [-0.1, -0.05) is 0 Å². The Morgan fingerprint density at radius 1 is 1.17 bits per heavy atom. The first-order valence-electron chi connectivity index (χ1n) is 1.41. The van der Waals surface area contributed by atoms with Gasteiger partial charge in [0.25, 0.3) is 0 Å². The molecular formula is C2H6O3S. The highest BCUT2D eigenvalue weighted by Crippen LogP contribution is 2.04. The van der Waals surface area contributed by atoms with Crippen molar-refractivity contribution in [2.45, 2.75) is 0 Å². The summed E-state index contributed by atoms with van der Waals surface area (Å²) in [4.78, 5) is 0. The Balaban J connectivity index is 0.000000250. The van der Waals surface area contributed by atoms with Gasteiger partial charge in [-0.05, 0) is 0 Å². The summed E-state index contributed by atoms with van der Waals surface area (Å²) in [6, 6.07) is 0. The molecule has 1 heterocycles. The van der Waals surface area contributed by atoms with Crippen molar-refractivity contribution < 1.29 is 13.9 Å². The first kappa shape index (κ1) is 5.91. The number of sulfone groups is 1. The average Bonchev–Trinajstić information content (AvgIpc) is 1.76. The molecule has 4 heteroatoms. The van der Waals surface area contributed by atoms with Crippen molar-refractivity contribution in [1.29, 1.82) is 0 Å². The highest BCUT2D eigenvalue weighted by atomic mass is 32.2. The van der Waals surface area contributed by atoms with E-state index >= 15 is 0 Å². The Morgan fingerprint density at radius 3 is 1.33 bits per heavy atom. The molecule has 0 bridgehead atoms. The van der Waals surface area contributed by atoms with Crippen LogP contribution in [0.15, 0.2) is 0 Å². The van der Waals surface area contributed by atoms with Gasteiger partial charge in [-0.25, -0.2) is 8.42 Å². The molecule has 6 heavy (non-hydrogen) atoms. The van der Waals surface area contributed by atoms with Gasteiger partial charge in [-0.3, -0.25) is 0 Å². The van der Waals surface area contributed by atoms with Crippen LogP contribution in [0.2, 0.25) is 0 Å². The fourth-order valence-corrected chi connectivity index (χ4v) is 0.612. The Kier molecular flexibility index (Phi) is 1.18. The van der Waals surface area contributed by atoms with E-state index in [1.807, 2.05) is 0 Å².